The molecule has 4 nitrogen and oxygen atoms in total. The average molecular weight is 262 g/mol. The Bertz CT molecular complexity index is 556. The molecule has 2 aromatic rings. The van der Waals surface area contributed by atoms with Crippen LogP contribution in [0, 0.1) is 11.3 Å². The number of hydrogen-bond acceptors (Lipinski definition) is 3. The van der Waals surface area contributed by atoms with Gasteiger partial charge in [-0.15, -0.1) is 0 Å². The minimum atomic E-state index is -0.517. The number of aromatic nitrogens is 2. The van der Waals surface area contributed by atoms with Gasteiger partial charge in [0.1, 0.15) is 0 Å². The molecule has 0 fully saturated rings. The third-order valence-electron chi connectivity index (χ3n) is 4.21. The summed E-state index contributed by atoms with van der Waals surface area (Å²) in [4.78, 5) is 0. The number of rotatable bonds is 5. The van der Waals surface area contributed by atoms with Crippen molar-refractivity contribution >= 4 is 10.9 Å². The number of aliphatic hydroxyl groups excluding tert-OH is 2. The smallest absolute Gasteiger partial charge is 0.0710 e. The highest BCUT2D eigenvalue weighted by Gasteiger charge is 2.34. The number of para-hydroxylation sites is 1. The summed E-state index contributed by atoms with van der Waals surface area (Å²) in [5.74, 6) is 0.184. The van der Waals surface area contributed by atoms with Gasteiger partial charge in [0.05, 0.1) is 24.4 Å². The lowest BCUT2D eigenvalue weighted by Crippen LogP contribution is -2.37. The van der Waals surface area contributed by atoms with Crippen LogP contribution in [0.1, 0.15) is 19.5 Å². The summed E-state index contributed by atoms with van der Waals surface area (Å²) in [7, 11) is 1.92. The van der Waals surface area contributed by atoms with Gasteiger partial charge in [-0.2, -0.15) is 5.10 Å². The summed E-state index contributed by atoms with van der Waals surface area (Å²) >= 11 is 0. The van der Waals surface area contributed by atoms with E-state index in [1.165, 1.54) is 0 Å². The normalized spacial score (nSPS) is 12.5. The Kier molecular flexibility index (Phi) is 3.92. The van der Waals surface area contributed by atoms with Gasteiger partial charge in [-0.3, -0.25) is 4.68 Å². The molecule has 0 spiro atoms. The van der Waals surface area contributed by atoms with Crippen molar-refractivity contribution in [1.29, 1.82) is 0 Å². The maximum Gasteiger partial charge on any atom is 0.0710 e. The fourth-order valence-corrected chi connectivity index (χ4v) is 2.48. The van der Waals surface area contributed by atoms with Crippen molar-refractivity contribution in [3.63, 3.8) is 0 Å². The van der Waals surface area contributed by atoms with Gasteiger partial charge in [0, 0.05) is 24.3 Å². The fourth-order valence-electron chi connectivity index (χ4n) is 2.48. The monoisotopic (exact) mass is 262 g/mol. The third-order valence-corrected chi connectivity index (χ3v) is 4.21. The third kappa shape index (κ3) is 2.38. The van der Waals surface area contributed by atoms with E-state index in [1.807, 2.05) is 49.8 Å². The van der Waals surface area contributed by atoms with Crippen LogP contribution in [0.25, 0.3) is 10.9 Å². The van der Waals surface area contributed by atoms with E-state index in [0.29, 0.717) is 6.42 Å². The van der Waals surface area contributed by atoms with Crippen LogP contribution in [0.2, 0.25) is 0 Å². The Hall–Kier alpha value is -1.39. The zero-order valence-electron chi connectivity index (χ0n) is 11.8. The predicted octanol–water partition coefficient (Wildman–Crippen LogP) is 1.74. The maximum atomic E-state index is 9.69. The molecular formula is C15H22N2O2. The number of fused-ring (bicyclic) bond motifs is 1. The Balaban J connectivity index is 2.45. The minimum Gasteiger partial charge on any atom is -0.396 e. The fraction of sp³-hybridized carbons (Fsp3) is 0.533. The summed E-state index contributed by atoms with van der Waals surface area (Å²) < 4.78 is 1.85. The lowest BCUT2D eigenvalue weighted by atomic mass is 9.74. The molecular weight excluding hydrogens is 240 g/mol. The first-order valence-electron chi connectivity index (χ1n) is 6.66. The molecule has 0 amide bonds. The predicted molar refractivity (Wildman–Crippen MR) is 75.9 cm³/mol. The van der Waals surface area contributed by atoms with Gasteiger partial charge < -0.3 is 10.2 Å². The Morgan fingerprint density at radius 1 is 1.21 bits per heavy atom. The SMILES string of the molecule is CC(C)C(CO)(CO)Cc1nn(C)c2ccccc12. The van der Waals surface area contributed by atoms with E-state index in [-0.39, 0.29) is 19.1 Å². The molecule has 1 heterocycles. The molecule has 1 aromatic carbocycles. The molecule has 0 atom stereocenters. The van der Waals surface area contributed by atoms with Gasteiger partial charge in [0.2, 0.25) is 0 Å². The highest BCUT2D eigenvalue weighted by molar-refractivity contribution is 5.81. The average Bonchev–Trinajstić information content (AvgIpc) is 2.73. The molecule has 2 N–H and O–H groups in total. The molecule has 1 aromatic heterocycles. The second kappa shape index (κ2) is 5.31. The molecule has 0 aliphatic heterocycles. The number of aryl methyl sites for hydroxylation is 1. The number of benzene rings is 1. The van der Waals surface area contributed by atoms with Crippen molar-refractivity contribution in [2.24, 2.45) is 18.4 Å². The topological polar surface area (TPSA) is 58.3 Å². The highest BCUT2D eigenvalue weighted by atomic mass is 16.3. The molecule has 0 aliphatic rings. The van der Waals surface area contributed by atoms with Gasteiger partial charge in [0.25, 0.3) is 0 Å². The molecule has 0 radical (unpaired) electrons. The van der Waals surface area contributed by atoms with Gasteiger partial charge in [-0.25, -0.2) is 0 Å². The van der Waals surface area contributed by atoms with E-state index >= 15 is 0 Å². The minimum absolute atomic E-state index is 0.0356. The second-order valence-corrected chi connectivity index (χ2v) is 5.60. The van der Waals surface area contributed by atoms with Gasteiger partial charge >= 0.3 is 0 Å². The van der Waals surface area contributed by atoms with E-state index < -0.39 is 5.41 Å². The summed E-state index contributed by atoms with van der Waals surface area (Å²) in [5, 5.41) is 25.0. The zero-order valence-corrected chi connectivity index (χ0v) is 11.8. The van der Waals surface area contributed by atoms with Crippen molar-refractivity contribution in [3.05, 3.63) is 30.0 Å². The van der Waals surface area contributed by atoms with Crippen molar-refractivity contribution < 1.29 is 10.2 Å². The largest absolute Gasteiger partial charge is 0.396 e. The summed E-state index contributed by atoms with van der Waals surface area (Å²) in [6.45, 7) is 3.98. The lowest BCUT2D eigenvalue weighted by Gasteiger charge is -2.33. The number of nitrogens with zero attached hydrogens (tertiary/aromatic N) is 2. The molecule has 2 rings (SSSR count). The van der Waals surface area contributed by atoms with Crippen LogP contribution >= 0.6 is 0 Å². The molecule has 0 aliphatic carbocycles. The van der Waals surface area contributed by atoms with E-state index in [2.05, 4.69) is 5.10 Å². The molecule has 104 valence electrons. The van der Waals surface area contributed by atoms with Crippen LogP contribution in [0.4, 0.5) is 0 Å². The summed E-state index contributed by atoms with van der Waals surface area (Å²) in [6, 6.07) is 8.04. The van der Waals surface area contributed by atoms with E-state index in [1.54, 1.807) is 0 Å². The van der Waals surface area contributed by atoms with Crippen LogP contribution < -0.4 is 0 Å². The van der Waals surface area contributed by atoms with Crippen LogP contribution in [-0.4, -0.2) is 33.2 Å². The van der Waals surface area contributed by atoms with Gasteiger partial charge in [-0.05, 0) is 12.0 Å². The number of aliphatic hydroxyl groups is 2. The van der Waals surface area contributed by atoms with Gasteiger partial charge in [-0.1, -0.05) is 32.0 Å². The highest BCUT2D eigenvalue weighted by Crippen LogP contribution is 2.32. The van der Waals surface area contributed by atoms with E-state index in [4.69, 9.17) is 0 Å². The number of hydrogen-bond donors (Lipinski definition) is 2. The van der Waals surface area contributed by atoms with Crippen LogP contribution in [0.15, 0.2) is 24.3 Å². The standard InChI is InChI=1S/C15H22N2O2/c1-11(2)15(9-18,10-19)8-13-12-6-4-5-7-14(12)17(3)16-13/h4-7,11,18-19H,8-10H2,1-3H3. The van der Waals surface area contributed by atoms with Crippen LogP contribution in [0.5, 0.6) is 0 Å². The lowest BCUT2D eigenvalue weighted by molar-refractivity contribution is 0.0157. The summed E-state index contributed by atoms with van der Waals surface area (Å²) in [5.41, 5.74) is 1.50. The Morgan fingerprint density at radius 2 is 1.84 bits per heavy atom. The first-order chi connectivity index (χ1) is 9.04. The zero-order chi connectivity index (χ0) is 14.0. The van der Waals surface area contributed by atoms with Gasteiger partial charge in [0.15, 0.2) is 0 Å². The first-order valence-corrected chi connectivity index (χ1v) is 6.66. The first kappa shape index (κ1) is 14.0. The van der Waals surface area contributed by atoms with Crippen molar-refractivity contribution in [2.75, 3.05) is 13.2 Å². The molecule has 0 saturated carbocycles. The Morgan fingerprint density at radius 3 is 2.42 bits per heavy atom. The van der Waals surface area contributed by atoms with Crippen LogP contribution in [0.3, 0.4) is 0 Å². The quantitative estimate of drug-likeness (QED) is 0.863. The molecule has 0 bridgehead atoms. The molecule has 4 heteroatoms. The van der Waals surface area contributed by atoms with Crippen molar-refractivity contribution in [2.45, 2.75) is 20.3 Å². The van der Waals surface area contributed by atoms with Crippen LogP contribution in [-0.2, 0) is 13.5 Å². The van der Waals surface area contributed by atoms with E-state index in [0.717, 1.165) is 16.6 Å². The summed E-state index contributed by atoms with van der Waals surface area (Å²) in [6.07, 6.45) is 0.582. The molecule has 0 saturated heterocycles. The Labute approximate surface area is 113 Å². The van der Waals surface area contributed by atoms with Crippen molar-refractivity contribution in [1.82, 2.24) is 9.78 Å². The van der Waals surface area contributed by atoms with Crippen molar-refractivity contribution in [3.8, 4) is 0 Å². The van der Waals surface area contributed by atoms with E-state index in [9.17, 15) is 10.2 Å². The maximum absolute atomic E-state index is 9.69. The molecule has 19 heavy (non-hydrogen) atoms. The molecule has 0 unspecified atom stereocenters. The second-order valence-electron chi connectivity index (χ2n) is 5.60.